The highest BCUT2D eigenvalue weighted by Crippen LogP contribution is 2.36. The summed E-state index contributed by atoms with van der Waals surface area (Å²) in [6, 6.07) is 11.5. The number of carbonyl (C=O) groups is 2. The first-order valence-corrected chi connectivity index (χ1v) is 11.2. The van der Waals surface area contributed by atoms with Crippen LogP contribution in [0.25, 0.3) is 0 Å². The van der Waals surface area contributed by atoms with Crippen LogP contribution in [0.4, 0.5) is 9.18 Å². The first kappa shape index (κ1) is 21.2. The van der Waals surface area contributed by atoms with E-state index in [1.165, 1.54) is 0 Å². The summed E-state index contributed by atoms with van der Waals surface area (Å²) < 4.78 is 14.4. The zero-order valence-electron chi connectivity index (χ0n) is 16.4. The number of aliphatic hydroxyl groups excluding tert-OH is 1. The van der Waals surface area contributed by atoms with E-state index in [0.717, 1.165) is 11.8 Å². The fourth-order valence-electron chi connectivity index (χ4n) is 4.31. The summed E-state index contributed by atoms with van der Waals surface area (Å²) in [6.07, 6.45) is -0.208. The van der Waals surface area contributed by atoms with Crippen molar-refractivity contribution in [1.82, 2.24) is 9.80 Å². The molecule has 2 amide bonds. The van der Waals surface area contributed by atoms with E-state index in [-0.39, 0.29) is 29.5 Å². The van der Waals surface area contributed by atoms with Crippen molar-refractivity contribution >= 4 is 34.5 Å². The molecule has 2 saturated heterocycles. The van der Waals surface area contributed by atoms with E-state index in [1.54, 1.807) is 53.1 Å². The molecule has 2 aromatic carbocycles. The Labute approximate surface area is 183 Å². The number of carbonyl (C=O) groups excluding carboxylic acids is 2. The second kappa shape index (κ2) is 8.57. The van der Waals surface area contributed by atoms with Crippen molar-refractivity contribution in [2.24, 2.45) is 0 Å². The van der Waals surface area contributed by atoms with Gasteiger partial charge in [-0.05, 0) is 37.1 Å². The molecule has 0 unspecified atom stereocenters. The molecule has 0 aliphatic carbocycles. The number of halogens is 2. The van der Waals surface area contributed by atoms with Gasteiger partial charge in [0.25, 0.3) is 11.1 Å². The summed E-state index contributed by atoms with van der Waals surface area (Å²) in [5, 5.41) is 10.7. The molecule has 158 valence electrons. The number of β-amino-alcohol motifs (C(OH)–C–C–N with tert-alkyl or cyclic N) is 1. The minimum atomic E-state index is -0.811. The lowest BCUT2D eigenvalue weighted by Gasteiger charge is -2.26. The smallest absolute Gasteiger partial charge is 0.282 e. The standard InChI is InChI=1S/C22H22ClFN2O3S/c1-13-7-8-16(23)15(19(13)24)12-30-22(29)25-10-9-17-20(25)18(27)11-26(17)21(28)14-5-3-2-4-6-14/h2-8,17-18,20,27H,9-12H2,1H3/t17-,18+,20+/m1/s1. The van der Waals surface area contributed by atoms with E-state index in [1.807, 2.05) is 6.07 Å². The van der Waals surface area contributed by atoms with Crippen LogP contribution in [0.5, 0.6) is 0 Å². The van der Waals surface area contributed by atoms with Gasteiger partial charge in [-0.3, -0.25) is 9.59 Å². The number of aliphatic hydroxyl groups is 1. The largest absolute Gasteiger partial charge is 0.389 e. The number of amides is 2. The summed E-state index contributed by atoms with van der Waals surface area (Å²) in [4.78, 5) is 29.0. The number of nitrogens with zero attached hydrogens (tertiary/aromatic N) is 2. The molecule has 2 aromatic rings. The van der Waals surface area contributed by atoms with Crippen LogP contribution in [-0.2, 0) is 5.75 Å². The molecule has 1 N–H and O–H groups in total. The molecule has 0 aromatic heterocycles. The molecule has 3 atom stereocenters. The monoisotopic (exact) mass is 448 g/mol. The molecular weight excluding hydrogens is 427 g/mol. The number of aryl methyl sites for hydroxylation is 1. The number of benzene rings is 2. The van der Waals surface area contributed by atoms with Crippen molar-refractivity contribution in [3.8, 4) is 0 Å². The van der Waals surface area contributed by atoms with Crippen LogP contribution in [0, 0.1) is 12.7 Å². The van der Waals surface area contributed by atoms with Gasteiger partial charge in [0.15, 0.2) is 0 Å². The van der Waals surface area contributed by atoms with Crippen LogP contribution in [0.1, 0.15) is 27.9 Å². The molecule has 5 nitrogen and oxygen atoms in total. The summed E-state index contributed by atoms with van der Waals surface area (Å²) in [7, 11) is 0. The third kappa shape index (κ3) is 3.82. The van der Waals surface area contributed by atoms with E-state index in [4.69, 9.17) is 11.6 Å². The van der Waals surface area contributed by atoms with Crippen molar-refractivity contribution < 1.29 is 19.1 Å². The molecule has 2 aliphatic rings. The third-order valence-electron chi connectivity index (χ3n) is 5.83. The van der Waals surface area contributed by atoms with Gasteiger partial charge < -0.3 is 14.9 Å². The van der Waals surface area contributed by atoms with Gasteiger partial charge in [-0.25, -0.2) is 4.39 Å². The maximum Gasteiger partial charge on any atom is 0.282 e. The summed E-state index contributed by atoms with van der Waals surface area (Å²) >= 11 is 7.08. The van der Waals surface area contributed by atoms with Gasteiger partial charge in [0.05, 0.1) is 18.2 Å². The lowest BCUT2D eigenvalue weighted by atomic mass is 10.1. The van der Waals surface area contributed by atoms with Crippen molar-refractivity contribution in [2.45, 2.75) is 37.3 Å². The number of hydrogen-bond donors (Lipinski definition) is 1. The molecular formula is C22H22ClFN2O3S. The van der Waals surface area contributed by atoms with Crippen LogP contribution in [0.3, 0.4) is 0 Å². The average molecular weight is 449 g/mol. The molecule has 2 heterocycles. The first-order chi connectivity index (χ1) is 14.4. The van der Waals surface area contributed by atoms with Crippen LogP contribution >= 0.6 is 23.4 Å². The van der Waals surface area contributed by atoms with Crippen LogP contribution < -0.4 is 0 Å². The minimum absolute atomic E-state index is 0.113. The Morgan fingerprint density at radius 2 is 1.93 bits per heavy atom. The van der Waals surface area contributed by atoms with E-state index in [0.29, 0.717) is 34.7 Å². The predicted octanol–water partition coefficient (Wildman–Crippen LogP) is 4.10. The molecule has 0 bridgehead atoms. The lowest BCUT2D eigenvalue weighted by molar-refractivity contribution is 0.0714. The van der Waals surface area contributed by atoms with Gasteiger partial charge in [-0.15, -0.1) is 0 Å². The fraction of sp³-hybridized carbons (Fsp3) is 0.364. The second-order valence-corrected chi connectivity index (χ2v) is 8.98. The Hall–Kier alpha value is -2.09. The van der Waals surface area contributed by atoms with E-state index >= 15 is 0 Å². The van der Waals surface area contributed by atoms with Crippen LogP contribution in [-0.4, -0.2) is 57.3 Å². The number of hydrogen-bond acceptors (Lipinski definition) is 4. The van der Waals surface area contributed by atoms with E-state index < -0.39 is 18.0 Å². The highest BCUT2D eigenvalue weighted by atomic mass is 35.5. The maximum absolute atomic E-state index is 14.4. The maximum atomic E-state index is 14.4. The Bertz CT molecular complexity index is 974. The SMILES string of the molecule is Cc1ccc(Cl)c(CSC(=O)N2CC[C@@H]3[C@H]2[C@@H](O)CN3C(=O)c2ccccc2)c1F. The normalized spacial score (nSPS) is 23.0. The fourth-order valence-corrected chi connectivity index (χ4v) is 5.53. The lowest BCUT2D eigenvalue weighted by Crippen LogP contribution is -2.43. The predicted molar refractivity (Wildman–Crippen MR) is 115 cm³/mol. The number of rotatable bonds is 3. The molecule has 4 rings (SSSR count). The van der Waals surface area contributed by atoms with E-state index in [9.17, 15) is 19.1 Å². The molecule has 2 fully saturated rings. The Kier molecular flexibility index (Phi) is 6.04. The van der Waals surface area contributed by atoms with Crippen molar-refractivity contribution in [2.75, 3.05) is 13.1 Å². The Balaban J connectivity index is 1.45. The van der Waals surface area contributed by atoms with Crippen molar-refractivity contribution in [1.29, 1.82) is 0 Å². The zero-order valence-corrected chi connectivity index (χ0v) is 18.0. The molecule has 0 saturated carbocycles. The zero-order chi connectivity index (χ0) is 21.4. The Morgan fingerprint density at radius 3 is 2.67 bits per heavy atom. The first-order valence-electron chi connectivity index (χ1n) is 9.79. The number of likely N-dealkylation sites (tertiary alicyclic amines) is 2. The van der Waals surface area contributed by atoms with E-state index in [2.05, 4.69) is 0 Å². The van der Waals surface area contributed by atoms with Gasteiger partial charge in [0.2, 0.25) is 0 Å². The minimum Gasteiger partial charge on any atom is -0.389 e. The van der Waals surface area contributed by atoms with Gasteiger partial charge in [0.1, 0.15) is 5.82 Å². The average Bonchev–Trinajstić information content (AvgIpc) is 3.32. The van der Waals surface area contributed by atoms with Crippen LogP contribution in [0.2, 0.25) is 5.02 Å². The molecule has 0 radical (unpaired) electrons. The summed E-state index contributed by atoms with van der Waals surface area (Å²) in [6.45, 7) is 2.29. The third-order valence-corrected chi connectivity index (χ3v) is 7.10. The molecule has 8 heteroatoms. The highest BCUT2D eigenvalue weighted by molar-refractivity contribution is 8.12. The quantitative estimate of drug-likeness (QED) is 0.768. The van der Waals surface area contributed by atoms with Gasteiger partial charge in [-0.1, -0.05) is 47.6 Å². The highest BCUT2D eigenvalue weighted by Gasteiger charge is 2.51. The second-order valence-electron chi connectivity index (χ2n) is 7.64. The number of thioether (sulfide) groups is 1. The van der Waals surface area contributed by atoms with Crippen molar-refractivity contribution in [3.05, 3.63) is 70.0 Å². The van der Waals surface area contributed by atoms with Gasteiger partial charge in [0, 0.05) is 35.0 Å². The van der Waals surface area contributed by atoms with Crippen LogP contribution in [0.15, 0.2) is 42.5 Å². The van der Waals surface area contributed by atoms with Crippen molar-refractivity contribution in [3.63, 3.8) is 0 Å². The molecule has 2 aliphatic heterocycles. The topological polar surface area (TPSA) is 60.9 Å². The molecule has 30 heavy (non-hydrogen) atoms. The molecule has 0 spiro atoms. The van der Waals surface area contributed by atoms with Gasteiger partial charge >= 0.3 is 0 Å². The summed E-state index contributed by atoms with van der Waals surface area (Å²) in [5.74, 6) is -0.428. The van der Waals surface area contributed by atoms with Gasteiger partial charge in [-0.2, -0.15) is 0 Å². The number of fused-ring (bicyclic) bond motifs is 1. The summed E-state index contributed by atoms with van der Waals surface area (Å²) in [5.41, 5.74) is 1.35. The Morgan fingerprint density at radius 1 is 1.20 bits per heavy atom.